The first-order valence-electron chi connectivity index (χ1n) is 10.1. The predicted molar refractivity (Wildman–Crippen MR) is 112 cm³/mol. The molecule has 4 rings (SSSR count). The van der Waals surface area contributed by atoms with E-state index in [1.807, 2.05) is 43.8 Å². The molecule has 29 heavy (non-hydrogen) atoms. The normalized spacial score (nSPS) is 18.1. The van der Waals surface area contributed by atoms with Gasteiger partial charge in [-0.2, -0.15) is 5.10 Å². The summed E-state index contributed by atoms with van der Waals surface area (Å²) in [6.45, 7) is 9.09. The van der Waals surface area contributed by atoms with Gasteiger partial charge >= 0.3 is 6.09 Å². The third kappa shape index (κ3) is 4.67. The van der Waals surface area contributed by atoms with Crippen molar-refractivity contribution >= 4 is 18.3 Å². The van der Waals surface area contributed by atoms with Crippen LogP contribution < -0.4 is 0 Å². The minimum absolute atomic E-state index is 0.245. The molecule has 0 spiro atoms. The molecule has 0 radical (unpaired) electrons. The fraction of sp³-hybridized carbons (Fsp3) is 0.600. The summed E-state index contributed by atoms with van der Waals surface area (Å²) in [5.41, 5.74) is 0.513. The van der Waals surface area contributed by atoms with E-state index < -0.39 is 5.60 Å². The van der Waals surface area contributed by atoms with Gasteiger partial charge in [0.1, 0.15) is 5.60 Å². The van der Waals surface area contributed by atoms with Gasteiger partial charge in [0.15, 0.2) is 10.6 Å². The van der Waals surface area contributed by atoms with Gasteiger partial charge < -0.3 is 9.64 Å². The van der Waals surface area contributed by atoms with Gasteiger partial charge in [0.25, 0.3) is 0 Å². The Bertz CT molecular complexity index is 921. The molecule has 1 saturated heterocycles. The lowest BCUT2D eigenvalue weighted by molar-refractivity contribution is 0.0113. The summed E-state index contributed by atoms with van der Waals surface area (Å²) in [5, 5.41) is 4.83. The largest absolute Gasteiger partial charge is 0.444 e. The maximum Gasteiger partial charge on any atom is 0.410 e. The molecule has 1 aliphatic heterocycles. The van der Waals surface area contributed by atoms with Crippen molar-refractivity contribution in [3.8, 4) is 11.4 Å². The van der Waals surface area contributed by atoms with E-state index in [1.165, 1.54) is 0 Å². The highest BCUT2D eigenvalue weighted by Gasteiger charge is 2.30. The minimum Gasteiger partial charge on any atom is -0.444 e. The van der Waals surface area contributed by atoms with E-state index in [9.17, 15) is 4.79 Å². The molecular formula is C20H28N6O2S. The molecule has 8 nitrogen and oxygen atoms in total. The van der Waals surface area contributed by atoms with Crippen LogP contribution in [-0.4, -0.2) is 67.0 Å². The average molecular weight is 417 g/mol. The highest BCUT2D eigenvalue weighted by Crippen LogP contribution is 2.38. The van der Waals surface area contributed by atoms with Crippen molar-refractivity contribution in [3.63, 3.8) is 0 Å². The second-order valence-corrected chi connectivity index (χ2v) is 9.04. The van der Waals surface area contributed by atoms with Crippen LogP contribution >= 0.6 is 12.2 Å². The highest BCUT2D eigenvalue weighted by atomic mass is 32.1. The van der Waals surface area contributed by atoms with Crippen LogP contribution in [0.4, 0.5) is 4.79 Å². The first kappa shape index (κ1) is 20.0. The van der Waals surface area contributed by atoms with E-state index in [0.29, 0.717) is 25.8 Å². The third-order valence-electron chi connectivity index (χ3n) is 5.06. The van der Waals surface area contributed by atoms with Crippen LogP contribution in [0.15, 0.2) is 24.5 Å². The third-order valence-corrected chi connectivity index (χ3v) is 5.47. The lowest BCUT2D eigenvalue weighted by Crippen LogP contribution is -2.50. The smallest absolute Gasteiger partial charge is 0.410 e. The number of rotatable bonds is 4. The molecule has 2 aromatic rings. The maximum atomic E-state index is 12.3. The molecule has 0 unspecified atom stereocenters. The van der Waals surface area contributed by atoms with E-state index in [2.05, 4.69) is 14.5 Å². The number of amides is 1. The molecule has 9 heteroatoms. The Labute approximate surface area is 176 Å². The summed E-state index contributed by atoms with van der Waals surface area (Å²) < 4.78 is 10.3. The predicted octanol–water partition coefficient (Wildman–Crippen LogP) is 3.32. The number of hydrogen-bond acceptors (Lipinski definition) is 6. The van der Waals surface area contributed by atoms with E-state index in [1.54, 1.807) is 11.1 Å². The average Bonchev–Trinajstić information content (AvgIpc) is 3.46. The number of pyridine rings is 1. The zero-order valence-electron chi connectivity index (χ0n) is 17.2. The maximum absolute atomic E-state index is 12.3. The molecule has 2 aliphatic rings. The first-order valence-corrected chi connectivity index (χ1v) is 10.5. The number of aromatic nitrogens is 4. The van der Waals surface area contributed by atoms with E-state index in [-0.39, 0.29) is 6.09 Å². The van der Waals surface area contributed by atoms with E-state index in [4.69, 9.17) is 22.1 Å². The lowest BCUT2D eigenvalue weighted by Gasteiger charge is -2.35. The van der Waals surface area contributed by atoms with Gasteiger partial charge in [-0.25, -0.2) is 9.48 Å². The molecule has 0 atom stereocenters. The zero-order chi connectivity index (χ0) is 20.6. The van der Waals surface area contributed by atoms with E-state index >= 15 is 0 Å². The molecule has 1 aliphatic carbocycles. The van der Waals surface area contributed by atoms with Crippen molar-refractivity contribution in [1.82, 2.24) is 29.1 Å². The molecule has 156 valence electrons. The van der Waals surface area contributed by atoms with E-state index in [0.717, 1.165) is 42.1 Å². The van der Waals surface area contributed by atoms with Gasteiger partial charge in [0.2, 0.25) is 0 Å². The summed E-state index contributed by atoms with van der Waals surface area (Å²) in [6, 6.07) is 4.38. The summed E-state index contributed by atoms with van der Waals surface area (Å²) in [4.78, 5) is 20.5. The molecular weight excluding hydrogens is 388 g/mol. The second-order valence-electron chi connectivity index (χ2n) is 8.68. The van der Waals surface area contributed by atoms with Crippen molar-refractivity contribution < 1.29 is 9.53 Å². The summed E-state index contributed by atoms with van der Waals surface area (Å²) in [6.07, 6.45) is 5.63. The zero-order valence-corrected chi connectivity index (χ0v) is 18.1. The van der Waals surface area contributed by atoms with Crippen LogP contribution in [0.5, 0.6) is 0 Å². The molecule has 2 aromatic heterocycles. The molecule has 3 heterocycles. The van der Waals surface area contributed by atoms with Crippen molar-refractivity contribution in [2.45, 2.75) is 51.9 Å². The van der Waals surface area contributed by atoms with Crippen LogP contribution in [0.2, 0.25) is 0 Å². The molecule has 1 saturated carbocycles. The Kier molecular flexibility index (Phi) is 5.44. The van der Waals surface area contributed by atoms with Gasteiger partial charge in [-0.15, -0.1) is 0 Å². The van der Waals surface area contributed by atoms with Gasteiger partial charge in [-0.05, 0) is 58.0 Å². The lowest BCUT2D eigenvalue weighted by atomic mass is 10.2. The Morgan fingerprint density at radius 1 is 1.24 bits per heavy atom. The van der Waals surface area contributed by atoms with Crippen molar-refractivity contribution in [2.75, 3.05) is 26.2 Å². The summed E-state index contributed by atoms with van der Waals surface area (Å²) in [7, 11) is 0. The van der Waals surface area contributed by atoms with Gasteiger partial charge in [-0.1, -0.05) is 0 Å². The molecule has 2 fully saturated rings. The van der Waals surface area contributed by atoms with Crippen LogP contribution in [0, 0.1) is 4.77 Å². The van der Waals surface area contributed by atoms with Crippen LogP contribution in [0.3, 0.4) is 0 Å². The SMILES string of the molecule is CC(C)(C)OC(=O)N1CCN(Cn2nc(-c3cccnc3)n(C3CC3)c2=S)CC1. The van der Waals surface area contributed by atoms with Gasteiger partial charge in [0.05, 0.1) is 6.67 Å². The Morgan fingerprint density at radius 3 is 2.55 bits per heavy atom. The van der Waals surface area contributed by atoms with Gasteiger partial charge in [-0.3, -0.25) is 14.5 Å². The highest BCUT2D eigenvalue weighted by molar-refractivity contribution is 7.71. The topological polar surface area (TPSA) is 68.4 Å². The standard InChI is InChI=1S/C20H28N6O2S/c1-20(2,3)28-19(27)24-11-9-23(10-12-24)14-25-18(29)26(16-6-7-16)17(22-25)15-5-4-8-21-13-15/h4-5,8,13,16H,6-7,9-12,14H2,1-3H3. The Balaban J connectivity index is 1.45. The first-order chi connectivity index (χ1) is 13.8. The second kappa shape index (κ2) is 7.87. The van der Waals surface area contributed by atoms with Crippen LogP contribution in [-0.2, 0) is 11.4 Å². The molecule has 0 bridgehead atoms. The van der Waals surface area contributed by atoms with Gasteiger partial charge in [0, 0.05) is 50.2 Å². The fourth-order valence-corrected chi connectivity index (χ4v) is 3.79. The molecule has 0 N–H and O–H groups in total. The van der Waals surface area contributed by atoms with Crippen molar-refractivity contribution in [3.05, 3.63) is 29.3 Å². The Hall–Kier alpha value is -2.26. The number of nitrogens with zero attached hydrogens (tertiary/aromatic N) is 6. The number of carbonyl (C=O) groups excluding carboxylic acids is 1. The van der Waals surface area contributed by atoms with Crippen LogP contribution in [0.25, 0.3) is 11.4 Å². The molecule has 0 aromatic carbocycles. The summed E-state index contributed by atoms with van der Waals surface area (Å²) in [5.74, 6) is 0.887. The monoisotopic (exact) mass is 416 g/mol. The molecule has 1 amide bonds. The minimum atomic E-state index is -0.473. The van der Waals surface area contributed by atoms with Crippen molar-refractivity contribution in [1.29, 1.82) is 0 Å². The number of piperazine rings is 1. The van der Waals surface area contributed by atoms with Crippen LogP contribution in [0.1, 0.15) is 39.7 Å². The number of hydrogen-bond donors (Lipinski definition) is 0. The Morgan fingerprint density at radius 2 is 1.97 bits per heavy atom. The summed E-state index contributed by atoms with van der Waals surface area (Å²) >= 11 is 5.75. The quantitative estimate of drug-likeness (QED) is 0.712. The fourth-order valence-electron chi connectivity index (χ4n) is 3.45. The van der Waals surface area contributed by atoms with Crippen molar-refractivity contribution in [2.24, 2.45) is 0 Å². The number of carbonyl (C=O) groups is 1. The number of ether oxygens (including phenoxy) is 1.